The summed E-state index contributed by atoms with van der Waals surface area (Å²) in [6, 6.07) is 2.37. The van der Waals surface area contributed by atoms with Crippen molar-refractivity contribution < 1.29 is 9.53 Å². The van der Waals surface area contributed by atoms with Crippen LogP contribution < -0.4 is 4.74 Å². The number of aromatic nitrogens is 2. The molecule has 24 heavy (non-hydrogen) atoms. The average Bonchev–Trinajstić information content (AvgIpc) is 2.53. The number of carbonyl (C=O) groups is 1. The van der Waals surface area contributed by atoms with Crippen molar-refractivity contribution in [3.63, 3.8) is 0 Å². The summed E-state index contributed by atoms with van der Waals surface area (Å²) in [4.78, 5) is 23.5. The highest BCUT2D eigenvalue weighted by Gasteiger charge is 2.29. The normalized spacial score (nSPS) is 18.0. The van der Waals surface area contributed by atoms with Gasteiger partial charge in [0.15, 0.2) is 0 Å². The summed E-state index contributed by atoms with van der Waals surface area (Å²) in [5.41, 5.74) is 1.82. The van der Waals surface area contributed by atoms with E-state index in [4.69, 9.17) is 4.74 Å². The van der Waals surface area contributed by atoms with Crippen LogP contribution in [0.4, 0.5) is 0 Å². The summed E-state index contributed by atoms with van der Waals surface area (Å²) >= 11 is 0. The molecule has 0 radical (unpaired) electrons. The van der Waals surface area contributed by atoms with Crippen molar-refractivity contribution >= 4 is 5.91 Å². The van der Waals surface area contributed by atoms with Gasteiger partial charge in [-0.15, -0.1) is 0 Å². The minimum absolute atomic E-state index is 0.00666. The zero-order valence-corrected chi connectivity index (χ0v) is 15.5. The van der Waals surface area contributed by atoms with Gasteiger partial charge in [-0.05, 0) is 45.6 Å². The number of likely N-dealkylation sites (tertiary alicyclic amines) is 1. The van der Waals surface area contributed by atoms with E-state index >= 15 is 0 Å². The Morgan fingerprint density at radius 2 is 1.88 bits per heavy atom. The molecule has 1 fully saturated rings. The molecule has 0 bridgehead atoms. The van der Waals surface area contributed by atoms with E-state index in [0.29, 0.717) is 18.5 Å². The van der Waals surface area contributed by atoms with Gasteiger partial charge >= 0.3 is 6.01 Å². The molecule has 2 heterocycles. The largest absolute Gasteiger partial charge is 0.458 e. The molecule has 5 heteroatoms. The van der Waals surface area contributed by atoms with Gasteiger partial charge in [0.2, 0.25) is 5.91 Å². The highest BCUT2D eigenvalue weighted by Crippen LogP contribution is 2.22. The predicted molar refractivity (Wildman–Crippen MR) is 95.0 cm³/mol. The Kier molecular flexibility index (Phi) is 7.00. The van der Waals surface area contributed by atoms with Crippen molar-refractivity contribution in [1.29, 1.82) is 0 Å². The molecule has 1 aromatic rings. The predicted octanol–water partition coefficient (Wildman–Crippen LogP) is 3.68. The topological polar surface area (TPSA) is 55.3 Å². The molecule has 1 aliphatic rings. The van der Waals surface area contributed by atoms with E-state index in [-0.39, 0.29) is 12.0 Å². The minimum atomic E-state index is -0.00666. The first-order valence-corrected chi connectivity index (χ1v) is 9.31. The lowest BCUT2D eigenvalue weighted by Crippen LogP contribution is -2.46. The molecule has 134 valence electrons. The molecule has 0 N–H and O–H groups in total. The van der Waals surface area contributed by atoms with E-state index in [2.05, 4.69) is 23.8 Å². The zero-order chi connectivity index (χ0) is 17.5. The Balaban J connectivity index is 1.98. The highest BCUT2D eigenvalue weighted by molar-refractivity contribution is 5.79. The van der Waals surface area contributed by atoms with E-state index in [1.807, 2.05) is 24.8 Å². The van der Waals surface area contributed by atoms with Crippen LogP contribution in [0.3, 0.4) is 0 Å². The van der Waals surface area contributed by atoms with Crippen molar-refractivity contribution in [2.45, 2.75) is 72.3 Å². The molecule has 0 saturated carbocycles. The van der Waals surface area contributed by atoms with Gasteiger partial charge in [0.05, 0.1) is 6.54 Å². The second kappa shape index (κ2) is 9.00. The van der Waals surface area contributed by atoms with Crippen molar-refractivity contribution in [2.75, 3.05) is 13.1 Å². The number of hydrogen-bond donors (Lipinski definition) is 0. The first kappa shape index (κ1) is 18.7. The van der Waals surface area contributed by atoms with Gasteiger partial charge in [0, 0.05) is 23.9 Å². The van der Waals surface area contributed by atoms with Crippen LogP contribution in [-0.4, -0.2) is 40.0 Å². The molecular weight excluding hydrogens is 302 g/mol. The Morgan fingerprint density at radius 1 is 1.25 bits per heavy atom. The van der Waals surface area contributed by atoms with Crippen LogP contribution in [0.2, 0.25) is 0 Å². The van der Waals surface area contributed by atoms with Crippen molar-refractivity contribution in [1.82, 2.24) is 14.9 Å². The van der Waals surface area contributed by atoms with Gasteiger partial charge in [0.25, 0.3) is 0 Å². The van der Waals surface area contributed by atoms with E-state index < -0.39 is 0 Å². The standard InChI is InChI=1S/C19H31N3O2/c1-5-8-16(9-6-2)18(23)22-11-7-10-17(13-22)24-19-20-14(3)12-15(4)21-19/h12,16-17H,5-11,13H2,1-4H3. The SMILES string of the molecule is CCCC(CCC)C(=O)N1CCCC(Oc2nc(C)cc(C)n2)C1. The fourth-order valence-electron chi connectivity index (χ4n) is 3.48. The summed E-state index contributed by atoms with van der Waals surface area (Å²) in [5.74, 6) is 0.463. The zero-order valence-electron chi connectivity index (χ0n) is 15.5. The van der Waals surface area contributed by atoms with Crippen molar-refractivity contribution in [2.24, 2.45) is 5.92 Å². The van der Waals surface area contributed by atoms with Crippen LogP contribution in [0.25, 0.3) is 0 Å². The maximum Gasteiger partial charge on any atom is 0.317 e. The second-order valence-corrected chi connectivity index (χ2v) is 6.87. The van der Waals surface area contributed by atoms with E-state index in [1.54, 1.807) is 0 Å². The Bertz CT molecular complexity index is 521. The molecule has 5 nitrogen and oxygen atoms in total. The van der Waals surface area contributed by atoms with Gasteiger partial charge in [-0.2, -0.15) is 0 Å². The van der Waals surface area contributed by atoms with Crippen molar-refractivity contribution in [3.8, 4) is 6.01 Å². The summed E-state index contributed by atoms with van der Waals surface area (Å²) in [6.07, 6.45) is 6.00. The molecule has 0 aliphatic carbocycles. The van der Waals surface area contributed by atoms with Gasteiger partial charge < -0.3 is 9.64 Å². The van der Waals surface area contributed by atoms with Crippen LogP contribution in [0, 0.1) is 19.8 Å². The quantitative estimate of drug-likeness (QED) is 0.764. The minimum Gasteiger partial charge on any atom is -0.458 e. The van der Waals surface area contributed by atoms with Crippen LogP contribution in [0.5, 0.6) is 6.01 Å². The Morgan fingerprint density at radius 3 is 2.46 bits per heavy atom. The number of nitrogens with zero attached hydrogens (tertiary/aromatic N) is 3. The summed E-state index contributed by atoms with van der Waals surface area (Å²) < 4.78 is 5.98. The van der Waals surface area contributed by atoms with Crippen LogP contribution in [0.15, 0.2) is 6.07 Å². The van der Waals surface area contributed by atoms with E-state index in [0.717, 1.165) is 56.5 Å². The summed E-state index contributed by atoms with van der Waals surface area (Å²) in [7, 11) is 0. The molecule has 1 aliphatic heterocycles. The molecule has 2 rings (SSSR count). The lowest BCUT2D eigenvalue weighted by Gasteiger charge is -2.34. The van der Waals surface area contributed by atoms with Gasteiger partial charge in [-0.25, -0.2) is 9.97 Å². The number of ether oxygens (including phenoxy) is 1. The van der Waals surface area contributed by atoms with Crippen LogP contribution in [0.1, 0.15) is 63.8 Å². The first-order valence-electron chi connectivity index (χ1n) is 9.31. The maximum atomic E-state index is 12.8. The third kappa shape index (κ3) is 5.18. The number of rotatable bonds is 7. The lowest BCUT2D eigenvalue weighted by atomic mass is 9.95. The van der Waals surface area contributed by atoms with Crippen LogP contribution >= 0.6 is 0 Å². The Labute approximate surface area is 145 Å². The second-order valence-electron chi connectivity index (χ2n) is 6.87. The van der Waals surface area contributed by atoms with Gasteiger partial charge in [0.1, 0.15) is 6.10 Å². The third-order valence-corrected chi connectivity index (χ3v) is 4.55. The maximum absolute atomic E-state index is 12.8. The highest BCUT2D eigenvalue weighted by atomic mass is 16.5. The molecule has 0 aromatic carbocycles. The molecule has 1 amide bonds. The van der Waals surface area contributed by atoms with Gasteiger partial charge in [-0.3, -0.25) is 4.79 Å². The summed E-state index contributed by atoms with van der Waals surface area (Å²) in [6.45, 7) is 9.68. The van der Waals surface area contributed by atoms with E-state index in [1.165, 1.54) is 0 Å². The number of carbonyl (C=O) groups excluding carboxylic acids is 1. The number of aryl methyl sites for hydroxylation is 2. The summed E-state index contributed by atoms with van der Waals surface area (Å²) in [5, 5.41) is 0. The average molecular weight is 333 g/mol. The number of amides is 1. The Hall–Kier alpha value is -1.65. The fraction of sp³-hybridized carbons (Fsp3) is 0.737. The molecule has 1 aromatic heterocycles. The molecule has 1 atom stereocenters. The number of piperidine rings is 1. The molecular formula is C19H31N3O2. The van der Waals surface area contributed by atoms with Gasteiger partial charge in [-0.1, -0.05) is 26.7 Å². The lowest BCUT2D eigenvalue weighted by molar-refractivity contribution is -0.138. The molecule has 0 spiro atoms. The van der Waals surface area contributed by atoms with Crippen molar-refractivity contribution in [3.05, 3.63) is 17.5 Å². The monoisotopic (exact) mass is 333 g/mol. The third-order valence-electron chi connectivity index (χ3n) is 4.55. The first-order chi connectivity index (χ1) is 11.5. The number of hydrogen-bond acceptors (Lipinski definition) is 4. The van der Waals surface area contributed by atoms with E-state index in [9.17, 15) is 4.79 Å². The molecule has 1 saturated heterocycles. The van der Waals surface area contributed by atoms with Crippen LogP contribution in [-0.2, 0) is 4.79 Å². The molecule has 1 unspecified atom stereocenters. The fourth-order valence-corrected chi connectivity index (χ4v) is 3.48. The smallest absolute Gasteiger partial charge is 0.317 e.